The molecule has 118 valence electrons. The number of nitrogens with one attached hydrogen (secondary N) is 2. The largest absolute Gasteiger partial charge is 0.386 e. The van der Waals surface area contributed by atoms with Crippen LogP contribution in [0, 0.1) is 0 Å². The number of aliphatic hydroxyl groups excluding tert-OH is 1. The van der Waals surface area contributed by atoms with Gasteiger partial charge in [0.05, 0.1) is 6.10 Å². The molecule has 0 saturated carbocycles. The van der Waals surface area contributed by atoms with E-state index in [4.69, 9.17) is 23.2 Å². The smallest absolute Gasteiger partial charge is 0.221 e. The third-order valence-corrected chi connectivity index (χ3v) is 4.08. The molecule has 21 heavy (non-hydrogen) atoms. The molecule has 0 aliphatic carbocycles. The lowest BCUT2D eigenvalue weighted by Gasteiger charge is -2.16. The quantitative estimate of drug-likeness (QED) is 0.763. The summed E-state index contributed by atoms with van der Waals surface area (Å²) in [7, 11) is 0. The molecule has 4 nitrogen and oxygen atoms in total. The lowest BCUT2D eigenvalue weighted by Crippen LogP contribution is -2.34. The maximum Gasteiger partial charge on any atom is 0.221 e. The molecule has 2 atom stereocenters. The number of amides is 1. The summed E-state index contributed by atoms with van der Waals surface area (Å²) in [5.74, 6) is -0.0772. The van der Waals surface area contributed by atoms with Crippen LogP contribution in [-0.4, -0.2) is 30.1 Å². The van der Waals surface area contributed by atoms with Gasteiger partial charge in [-0.3, -0.25) is 4.79 Å². The van der Waals surface area contributed by atoms with Crippen LogP contribution in [0.5, 0.6) is 0 Å². The molecule has 1 amide bonds. The molecule has 2 rings (SSSR count). The zero-order valence-electron chi connectivity index (χ0n) is 11.4. The van der Waals surface area contributed by atoms with Gasteiger partial charge >= 0.3 is 0 Å². The average Bonchev–Trinajstić information content (AvgIpc) is 2.89. The zero-order chi connectivity index (χ0) is 14.5. The minimum absolute atomic E-state index is 0. The van der Waals surface area contributed by atoms with Crippen LogP contribution in [0.3, 0.4) is 0 Å². The summed E-state index contributed by atoms with van der Waals surface area (Å²) in [5.41, 5.74) is 0.454. The predicted octanol–water partition coefficient (Wildman–Crippen LogP) is 2.71. The van der Waals surface area contributed by atoms with Crippen molar-refractivity contribution in [3.8, 4) is 0 Å². The fourth-order valence-electron chi connectivity index (χ4n) is 2.37. The molecule has 2 unspecified atom stereocenters. The summed E-state index contributed by atoms with van der Waals surface area (Å²) in [6.07, 6.45) is 1.65. The Morgan fingerprint density at radius 3 is 2.67 bits per heavy atom. The van der Waals surface area contributed by atoms with Gasteiger partial charge in [0.25, 0.3) is 0 Å². The third kappa shape index (κ3) is 5.31. The van der Waals surface area contributed by atoms with Crippen LogP contribution < -0.4 is 10.6 Å². The molecule has 1 aliphatic rings. The summed E-state index contributed by atoms with van der Waals surface area (Å²) < 4.78 is 0. The van der Waals surface area contributed by atoms with Crippen LogP contribution in [0.25, 0.3) is 0 Å². The standard InChI is InChI=1S/C14H18Cl2N2O2.ClH/c15-10-4-1-5-11(16)14(10)12(19)8-18-13(20)7-9-3-2-6-17-9;/h1,4-5,9,12,17,19H,2-3,6-8H2,(H,18,20);1H. The summed E-state index contributed by atoms with van der Waals surface area (Å²) >= 11 is 12.0. The van der Waals surface area contributed by atoms with Crippen molar-refractivity contribution < 1.29 is 9.90 Å². The van der Waals surface area contributed by atoms with Gasteiger partial charge in [0.2, 0.25) is 5.91 Å². The molecule has 1 heterocycles. The molecule has 7 heteroatoms. The minimum atomic E-state index is -0.906. The van der Waals surface area contributed by atoms with Crippen LogP contribution in [0.1, 0.15) is 30.9 Å². The molecule has 1 saturated heterocycles. The Labute approximate surface area is 140 Å². The summed E-state index contributed by atoms with van der Waals surface area (Å²) in [6.45, 7) is 1.07. The molecule has 1 aliphatic heterocycles. The molecule has 0 spiro atoms. The van der Waals surface area contributed by atoms with E-state index in [0.717, 1.165) is 19.4 Å². The summed E-state index contributed by atoms with van der Waals surface area (Å²) in [4.78, 5) is 11.8. The van der Waals surface area contributed by atoms with E-state index in [1.165, 1.54) is 0 Å². The van der Waals surface area contributed by atoms with Crippen LogP contribution in [-0.2, 0) is 4.79 Å². The number of benzene rings is 1. The zero-order valence-corrected chi connectivity index (χ0v) is 13.8. The second-order valence-electron chi connectivity index (χ2n) is 4.95. The van der Waals surface area contributed by atoms with E-state index in [9.17, 15) is 9.90 Å². The van der Waals surface area contributed by atoms with Crippen molar-refractivity contribution in [3.05, 3.63) is 33.8 Å². The topological polar surface area (TPSA) is 61.4 Å². The van der Waals surface area contributed by atoms with Crippen molar-refractivity contribution in [2.24, 2.45) is 0 Å². The molecular formula is C14H19Cl3N2O2. The Hall–Kier alpha value is -0.520. The van der Waals surface area contributed by atoms with Gasteiger partial charge in [-0.25, -0.2) is 0 Å². The molecule has 1 fully saturated rings. The van der Waals surface area contributed by atoms with E-state index in [1.54, 1.807) is 18.2 Å². The first-order valence-electron chi connectivity index (χ1n) is 6.70. The number of carbonyl (C=O) groups is 1. The molecule has 0 bridgehead atoms. The van der Waals surface area contributed by atoms with E-state index in [2.05, 4.69) is 10.6 Å². The molecule has 0 aromatic heterocycles. The Morgan fingerprint density at radius 1 is 1.43 bits per heavy atom. The van der Waals surface area contributed by atoms with E-state index in [0.29, 0.717) is 22.0 Å². The highest BCUT2D eigenvalue weighted by molar-refractivity contribution is 6.36. The molecule has 0 radical (unpaired) electrons. The monoisotopic (exact) mass is 352 g/mol. The maximum atomic E-state index is 11.8. The predicted molar refractivity (Wildman–Crippen MR) is 87.3 cm³/mol. The number of carbonyl (C=O) groups excluding carboxylic acids is 1. The van der Waals surface area contributed by atoms with Gasteiger partial charge < -0.3 is 15.7 Å². The van der Waals surface area contributed by atoms with E-state index < -0.39 is 6.10 Å². The van der Waals surface area contributed by atoms with Crippen LogP contribution in [0.2, 0.25) is 10.0 Å². The van der Waals surface area contributed by atoms with E-state index in [-0.39, 0.29) is 30.9 Å². The Kier molecular flexibility index (Phi) is 7.77. The highest BCUT2D eigenvalue weighted by Gasteiger charge is 2.19. The third-order valence-electron chi connectivity index (χ3n) is 3.42. The average molecular weight is 354 g/mol. The van der Waals surface area contributed by atoms with Crippen LogP contribution >= 0.6 is 35.6 Å². The van der Waals surface area contributed by atoms with Gasteiger partial charge in [0.15, 0.2) is 0 Å². The Balaban J connectivity index is 0.00000220. The van der Waals surface area contributed by atoms with Crippen molar-refractivity contribution in [2.45, 2.75) is 31.4 Å². The van der Waals surface area contributed by atoms with Gasteiger partial charge in [-0.1, -0.05) is 29.3 Å². The first-order chi connectivity index (χ1) is 9.58. The van der Waals surface area contributed by atoms with Crippen molar-refractivity contribution in [1.29, 1.82) is 0 Å². The van der Waals surface area contributed by atoms with Gasteiger partial charge in [-0.2, -0.15) is 0 Å². The maximum absolute atomic E-state index is 11.8. The van der Waals surface area contributed by atoms with E-state index >= 15 is 0 Å². The number of aliphatic hydroxyl groups is 1. The van der Waals surface area contributed by atoms with Crippen LogP contribution in [0.15, 0.2) is 18.2 Å². The van der Waals surface area contributed by atoms with Crippen molar-refractivity contribution in [1.82, 2.24) is 10.6 Å². The Bertz CT molecular complexity index is 459. The molecular weight excluding hydrogens is 335 g/mol. The van der Waals surface area contributed by atoms with Crippen molar-refractivity contribution >= 4 is 41.5 Å². The van der Waals surface area contributed by atoms with Gasteiger partial charge in [0, 0.05) is 34.6 Å². The Morgan fingerprint density at radius 2 is 2.10 bits per heavy atom. The summed E-state index contributed by atoms with van der Waals surface area (Å²) in [6, 6.07) is 5.29. The first kappa shape index (κ1) is 18.5. The summed E-state index contributed by atoms with van der Waals surface area (Å²) in [5, 5.41) is 16.9. The first-order valence-corrected chi connectivity index (χ1v) is 7.45. The minimum Gasteiger partial charge on any atom is -0.386 e. The lowest BCUT2D eigenvalue weighted by atomic mass is 10.1. The van der Waals surface area contributed by atoms with Gasteiger partial charge in [0.1, 0.15) is 0 Å². The number of rotatable bonds is 5. The highest BCUT2D eigenvalue weighted by Crippen LogP contribution is 2.29. The SMILES string of the molecule is Cl.O=C(CC1CCCN1)NCC(O)c1c(Cl)cccc1Cl. The van der Waals surface area contributed by atoms with Crippen LogP contribution in [0.4, 0.5) is 0 Å². The molecule has 3 N–H and O–H groups in total. The molecule has 1 aromatic carbocycles. The number of hydrogen-bond acceptors (Lipinski definition) is 3. The fraction of sp³-hybridized carbons (Fsp3) is 0.500. The molecule has 1 aromatic rings. The second kappa shape index (κ2) is 8.81. The second-order valence-corrected chi connectivity index (χ2v) is 5.77. The van der Waals surface area contributed by atoms with Gasteiger partial charge in [-0.05, 0) is 31.5 Å². The normalized spacial score (nSPS) is 18.9. The highest BCUT2D eigenvalue weighted by atomic mass is 35.5. The number of halogens is 3. The fourth-order valence-corrected chi connectivity index (χ4v) is 3.02. The lowest BCUT2D eigenvalue weighted by molar-refractivity contribution is -0.122. The van der Waals surface area contributed by atoms with Crippen molar-refractivity contribution in [2.75, 3.05) is 13.1 Å². The number of hydrogen-bond donors (Lipinski definition) is 3. The van der Waals surface area contributed by atoms with Crippen molar-refractivity contribution in [3.63, 3.8) is 0 Å². The van der Waals surface area contributed by atoms with Gasteiger partial charge in [-0.15, -0.1) is 12.4 Å². The van der Waals surface area contributed by atoms with E-state index in [1.807, 2.05) is 0 Å².